The molecule has 0 amide bonds. The van der Waals surface area contributed by atoms with Crippen LogP contribution >= 0.6 is 34.3 Å². The predicted octanol–water partition coefficient (Wildman–Crippen LogP) is 4.16. The molecule has 0 bridgehead atoms. The first-order chi connectivity index (χ1) is 10.1. The third-order valence-corrected chi connectivity index (χ3v) is 6.84. The first-order valence-corrected chi connectivity index (χ1v) is 10.6. The Balaban J connectivity index is 2.10. The minimum Gasteiger partial charge on any atom is -0.212 e. The Morgan fingerprint density at radius 1 is 1.00 bits per heavy atom. The van der Waals surface area contributed by atoms with Gasteiger partial charge in [0.05, 0.1) is 5.75 Å². The van der Waals surface area contributed by atoms with Gasteiger partial charge in [0.15, 0.2) is 0 Å². The van der Waals surface area contributed by atoms with E-state index in [-0.39, 0.29) is 5.75 Å². The van der Waals surface area contributed by atoms with E-state index in [1.54, 1.807) is 27.0 Å². The number of rotatable bonds is 9. The standard InChI is InChI=1S/C14H18ClNO2S3/c15-7-1-2-10-21(17,18)16(11-13-5-3-8-19-13)12-14-6-4-9-20-14/h3-6,8-9H,1-2,7,10-12H2. The van der Waals surface area contributed by atoms with Gasteiger partial charge in [0.25, 0.3) is 0 Å². The van der Waals surface area contributed by atoms with Gasteiger partial charge in [-0.15, -0.1) is 34.3 Å². The smallest absolute Gasteiger partial charge is 0.212 e. The molecule has 3 nitrogen and oxygen atoms in total. The normalized spacial score (nSPS) is 12.1. The lowest BCUT2D eigenvalue weighted by molar-refractivity contribution is 0.406. The van der Waals surface area contributed by atoms with Crippen molar-refractivity contribution in [2.45, 2.75) is 25.9 Å². The van der Waals surface area contributed by atoms with E-state index in [1.807, 2.05) is 35.0 Å². The number of hydrogen-bond acceptors (Lipinski definition) is 4. The highest BCUT2D eigenvalue weighted by Crippen LogP contribution is 2.20. The summed E-state index contributed by atoms with van der Waals surface area (Å²) in [5.74, 6) is 0.668. The van der Waals surface area contributed by atoms with Gasteiger partial charge in [-0.05, 0) is 35.7 Å². The predicted molar refractivity (Wildman–Crippen MR) is 91.6 cm³/mol. The van der Waals surface area contributed by atoms with E-state index in [0.29, 0.717) is 25.4 Å². The zero-order chi connectivity index (χ0) is 15.1. The van der Waals surface area contributed by atoms with Crippen molar-refractivity contribution in [3.05, 3.63) is 44.8 Å². The second kappa shape index (κ2) is 8.29. The highest BCUT2D eigenvalue weighted by atomic mass is 35.5. The summed E-state index contributed by atoms with van der Waals surface area (Å²) in [4.78, 5) is 2.12. The molecule has 0 radical (unpaired) electrons. The summed E-state index contributed by atoms with van der Waals surface area (Å²) in [6.07, 6.45) is 1.34. The van der Waals surface area contributed by atoms with E-state index in [0.717, 1.165) is 16.2 Å². The lowest BCUT2D eigenvalue weighted by Gasteiger charge is -2.21. The van der Waals surface area contributed by atoms with Crippen molar-refractivity contribution >= 4 is 44.3 Å². The van der Waals surface area contributed by atoms with E-state index in [9.17, 15) is 8.42 Å². The Morgan fingerprint density at radius 3 is 2.00 bits per heavy atom. The molecule has 0 N–H and O–H groups in total. The van der Waals surface area contributed by atoms with Crippen LogP contribution in [0.4, 0.5) is 0 Å². The van der Waals surface area contributed by atoms with Crippen LogP contribution in [0.3, 0.4) is 0 Å². The summed E-state index contributed by atoms with van der Waals surface area (Å²) < 4.78 is 26.7. The fourth-order valence-electron chi connectivity index (χ4n) is 1.91. The zero-order valence-electron chi connectivity index (χ0n) is 11.6. The van der Waals surface area contributed by atoms with Gasteiger partial charge in [-0.1, -0.05) is 12.1 Å². The average Bonchev–Trinajstić information content (AvgIpc) is 3.11. The number of nitrogens with zero attached hydrogens (tertiary/aromatic N) is 1. The fraction of sp³-hybridized carbons (Fsp3) is 0.429. The van der Waals surface area contributed by atoms with Crippen molar-refractivity contribution in [2.24, 2.45) is 0 Å². The van der Waals surface area contributed by atoms with Crippen LogP contribution in [-0.2, 0) is 23.1 Å². The molecule has 0 aliphatic carbocycles. The van der Waals surface area contributed by atoms with Gasteiger partial charge in [0.1, 0.15) is 0 Å². The van der Waals surface area contributed by atoms with E-state index < -0.39 is 10.0 Å². The van der Waals surface area contributed by atoms with E-state index in [1.165, 1.54) is 0 Å². The number of unbranched alkanes of at least 4 members (excludes halogenated alkanes) is 1. The van der Waals surface area contributed by atoms with Crippen LogP contribution in [0.15, 0.2) is 35.0 Å². The van der Waals surface area contributed by atoms with Gasteiger partial charge in [-0.3, -0.25) is 0 Å². The van der Waals surface area contributed by atoms with Crippen molar-refractivity contribution in [1.82, 2.24) is 4.31 Å². The summed E-state index contributed by atoms with van der Waals surface area (Å²) in [5, 5.41) is 3.94. The summed E-state index contributed by atoms with van der Waals surface area (Å²) >= 11 is 8.80. The quantitative estimate of drug-likeness (QED) is 0.495. The van der Waals surface area contributed by atoms with Crippen LogP contribution in [0, 0.1) is 0 Å². The topological polar surface area (TPSA) is 37.4 Å². The molecular formula is C14H18ClNO2S3. The average molecular weight is 364 g/mol. The number of halogens is 1. The summed E-state index contributed by atoms with van der Waals surface area (Å²) in [5.41, 5.74) is 0. The number of alkyl halides is 1. The van der Waals surface area contributed by atoms with Gasteiger partial charge >= 0.3 is 0 Å². The minimum absolute atomic E-state index is 0.163. The molecule has 2 aromatic heterocycles. The highest BCUT2D eigenvalue weighted by molar-refractivity contribution is 7.89. The second-order valence-electron chi connectivity index (χ2n) is 4.64. The van der Waals surface area contributed by atoms with Crippen LogP contribution in [0.1, 0.15) is 22.6 Å². The molecule has 0 aliphatic rings. The maximum atomic E-state index is 12.6. The lowest BCUT2D eigenvalue weighted by Crippen LogP contribution is -2.31. The monoisotopic (exact) mass is 363 g/mol. The van der Waals surface area contributed by atoms with Gasteiger partial charge < -0.3 is 0 Å². The van der Waals surface area contributed by atoms with Crippen LogP contribution < -0.4 is 0 Å². The van der Waals surface area contributed by atoms with Crippen LogP contribution in [-0.4, -0.2) is 24.4 Å². The molecule has 0 atom stereocenters. The molecule has 2 rings (SSSR count). The molecule has 0 fully saturated rings. The zero-order valence-corrected chi connectivity index (χ0v) is 14.8. The largest absolute Gasteiger partial charge is 0.214 e. The summed E-state index contributed by atoms with van der Waals surface area (Å²) in [6, 6.07) is 7.84. The van der Waals surface area contributed by atoms with Gasteiger partial charge in [0.2, 0.25) is 10.0 Å². The Morgan fingerprint density at radius 2 is 1.57 bits per heavy atom. The maximum Gasteiger partial charge on any atom is 0.214 e. The molecule has 0 aromatic carbocycles. The van der Waals surface area contributed by atoms with Crippen molar-refractivity contribution in [2.75, 3.05) is 11.6 Å². The summed E-state index contributed by atoms with van der Waals surface area (Å²) in [7, 11) is -3.26. The van der Waals surface area contributed by atoms with Crippen molar-refractivity contribution in [3.8, 4) is 0 Å². The van der Waals surface area contributed by atoms with Crippen LogP contribution in [0.2, 0.25) is 0 Å². The van der Waals surface area contributed by atoms with Gasteiger partial charge in [-0.25, -0.2) is 8.42 Å². The molecule has 0 aliphatic heterocycles. The molecule has 0 spiro atoms. The van der Waals surface area contributed by atoms with E-state index in [4.69, 9.17) is 11.6 Å². The number of thiophene rings is 2. The van der Waals surface area contributed by atoms with E-state index >= 15 is 0 Å². The SMILES string of the molecule is O=S(=O)(CCCCCl)N(Cc1cccs1)Cc1cccs1. The Kier molecular flexibility index (Phi) is 6.70. The minimum atomic E-state index is -3.26. The molecule has 0 saturated carbocycles. The third kappa shape index (κ3) is 5.38. The first-order valence-electron chi connectivity index (χ1n) is 6.70. The first kappa shape index (κ1) is 17.0. The molecule has 7 heteroatoms. The Bertz CT molecular complexity index is 572. The summed E-state index contributed by atoms with van der Waals surface area (Å²) in [6.45, 7) is 0.886. The van der Waals surface area contributed by atoms with Crippen LogP contribution in [0.25, 0.3) is 0 Å². The molecule has 0 unspecified atom stereocenters. The van der Waals surface area contributed by atoms with Crippen molar-refractivity contribution in [3.63, 3.8) is 0 Å². The Hall–Kier alpha value is -0.400. The van der Waals surface area contributed by atoms with E-state index in [2.05, 4.69) is 0 Å². The van der Waals surface area contributed by atoms with Crippen LogP contribution in [0.5, 0.6) is 0 Å². The number of hydrogen-bond donors (Lipinski definition) is 0. The Labute approximate surface area is 139 Å². The molecule has 116 valence electrons. The molecule has 2 aromatic rings. The maximum absolute atomic E-state index is 12.6. The highest BCUT2D eigenvalue weighted by Gasteiger charge is 2.22. The molecule has 21 heavy (non-hydrogen) atoms. The van der Waals surface area contributed by atoms with Gasteiger partial charge in [-0.2, -0.15) is 4.31 Å². The van der Waals surface area contributed by atoms with Gasteiger partial charge in [0, 0.05) is 28.7 Å². The molecule has 0 saturated heterocycles. The number of sulfonamides is 1. The third-order valence-electron chi connectivity index (χ3n) is 3.00. The second-order valence-corrected chi connectivity index (χ2v) is 9.17. The fourth-order valence-corrected chi connectivity index (χ4v) is 5.20. The molecular weight excluding hydrogens is 346 g/mol. The lowest BCUT2D eigenvalue weighted by atomic mass is 10.4. The van der Waals surface area contributed by atoms with Crippen molar-refractivity contribution in [1.29, 1.82) is 0 Å². The van der Waals surface area contributed by atoms with Crippen molar-refractivity contribution < 1.29 is 8.42 Å². The molecule has 2 heterocycles.